The second-order valence-electron chi connectivity index (χ2n) is 4.46. The largest absolute Gasteiger partial charge is 0.481 e. The van der Waals surface area contributed by atoms with E-state index in [9.17, 15) is 9.59 Å². The van der Waals surface area contributed by atoms with Crippen molar-refractivity contribution < 1.29 is 9.90 Å². The van der Waals surface area contributed by atoms with Gasteiger partial charge in [0.25, 0.3) is 0 Å². The number of aryl methyl sites for hydroxylation is 1. The van der Waals surface area contributed by atoms with Gasteiger partial charge >= 0.3 is 11.7 Å². The third kappa shape index (κ3) is 3.12. The number of carboxylic acid groups (broad SMARTS) is 1. The number of aliphatic carboxylic acids is 1. The molecule has 0 atom stereocenters. The van der Waals surface area contributed by atoms with E-state index in [1.54, 1.807) is 0 Å². The number of aromatic nitrogens is 6. The van der Waals surface area contributed by atoms with E-state index in [1.165, 1.54) is 4.57 Å². The monoisotopic (exact) mass is 292 g/mol. The van der Waals surface area contributed by atoms with Crippen molar-refractivity contribution in [3.05, 3.63) is 33.3 Å². The molecule has 2 aromatic rings. The van der Waals surface area contributed by atoms with E-state index in [0.29, 0.717) is 35.6 Å². The molecule has 0 saturated heterocycles. The summed E-state index contributed by atoms with van der Waals surface area (Å²) in [6.45, 7) is 3.82. The van der Waals surface area contributed by atoms with Gasteiger partial charge in [-0.25, -0.2) is 4.79 Å². The summed E-state index contributed by atoms with van der Waals surface area (Å²) in [7, 11) is 0. The summed E-state index contributed by atoms with van der Waals surface area (Å²) in [5.74, 6) is -0.606. The van der Waals surface area contributed by atoms with Crippen LogP contribution in [0.1, 0.15) is 36.6 Å². The smallest absolute Gasteiger partial charge is 0.348 e. The first kappa shape index (κ1) is 14.8. The van der Waals surface area contributed by atoms with Crippen LogP contribution >= 0.6 is 0 Å². The number of nitrogens with one attached hydrogen (secondary N) is 1. The van der Waals surface area contributed by atoms with Crippen molar-refractivity contribution in [2.45, 2.75) is 39.7 Å². The van der Waals surface area contributed by atoms with Crippen LogP contribution in [-0.2, 0) is 30.6 Å². The number of carboxylic acids is 1. The van der Waals surface area contributed by atoms with Crippen molar-refractivity contribution in [3.8, 4) is 0 Å². The molecule has 9 heteroatoms. The van der Waals surface area contributed by atoms with E-state index < -0.39 is 11.7 Å². The fourth-order valence-corrected chi connectivity index (χ4v) is 2.29. The van der Waals surface area contributed by atoms with Gasteiger partial charge < -0.3 is 5.11 Å². The Hall–Kier alpha value is -2.58. The number of H-pyrrole nitrogens is 1. The SMILES string of the molecule is CCc1nc(=O)n(Cc2nn[nH]n2)c(CC)c1CC(=O)O. The van der Waals surface area contributed by atoms with E-state index in [2.05, 4.69) is 25.6 Å². The predicted molar refractivity (Wildman–Crippen MR) is 71.9 cm³/mol. The number of aromatic amines is 1. The quantitative estimate of drug-likeness (QED) is 0.738. The van der Waals surface area contributed by atoms with Crippen LogP contribution in [0.2, 0.25) is 0 Å². The Balaban J connectivity index is 2.58. The van der Waals surface area contributed by atoms with Gasteiger partial charge in [-0.2, -0.15) is 10.2 Å². The fourth-order valence-electron chi connectivity index (χ4n) is 2.29. The number of tetrazole rings is 1. The van der Waals surface area contributed by atoms with Gasteiger partial charge in [-0.1, -0.05) is 19.1 Å². The van der Waals surface area contributed by atoms with E-state index in [0.717, 1.165) is 0 Å². The summed E-state index contributed by atoms with van der Waals surface area (Å²) in [6, 6.07) is 0. The second-order valence-corrected chi connectivity index (χ2v) is 4.46. The molecule has 0 aliphatic carbocycles. The lowest BCUT2D eigenvalue weighted by Crippen LogP contribution is -2.31. The van der Waals surface area contributed by atoms with E-state index in [-0.39, 0.29) is 13.0 Å². The highest BCUT2D eigenvalue weighted by Crippen LogP contribution is 2.14. The maximum atomic E-state index is 12.2. The van der Waals surface area contributed by atoms with Gasteiger partial charge in [0.2, 0.25) is 0 Å². The Bertz CT molecular complexity index is 692. The van der Waals surface area contributed by atoms with Gasteiger partial charge in [0.15, 0.2) is 5.82 Å². The third-order valence-electron chi connectivity index (χ3n) is 3.17. The molecule has 0 unspecified atom stereocenters. The van der Waals surface area contributed by atoms with E-state index >= 15 is 0 Å². The molecular weight excluding hydrogens is 276 g/mol. The fraction of sp³-hybridized carbons (Fsp3) is 0.500. The molecule has 21 heavy (non-hydrogen) atoms. The highest BCUT2D eigenvalue weighted by atomic mass is 16.4. The molecular formula is C12H16N6O3. The predicted octanol–water partition coefficient (Wildman–Crippen LogP) is -0.443. The minimum Gasteiger partial charge on any atom is -0.481 e. The van der Waals surface area contributed by atoms with Crippen LogP contribution in [0.25, 0.3) is 0 Å². The zero-order chi connectivity index (χ0) is 15.4. The summed E-state index contributed by atoms with van der Waals surface area (Å²) < 4.78 is 1.41. The van der Waals surface area contributed by atoms with Crippen molar-refractivity contribution in [3.63, 3.8) is 0 Å². The van der Waals surface area contributed by atoms with Crippen LogP contribution in [0.15, 0.2) is 4.79 Å². The van der Waals surface area contributed by atoms with Gasteiger partial charge in [-0.15, -0.1) is 10.2 Å². The minimum atomic E-state index is -0.953. The lowest BCUT2D eigenvalue weighted by atomic mass is 10.0. The first-order valence-corrected chi connectivity index (χ1v) is 6.62. The van der Waals surface area contributed by atoms with Gasteiger partial charge in [-0.05, 0) is 12.8 Å². The van der Waals surface area contributed by atoms with Crippen molar-refractivity contribution >= 4 is 5.97 Å². The minimum absolute atomic E-state index is 0.113. The zero-order valence-electron chi connectivity index (χ0n) is 11.8. The maximum Gasteiger partial charge on any atom is 0.348 e. The highest BCUT2D eigenvalue weighted by molar-refractivity contribution is 5.71. The van der Waals surface area contributed by atoms with Crippen LogP contribution < -0.4 is 5.69 Å². The van der Waals surface area contributed by atoms with E-state index in [1.807, 2.05) is 13.8 Å². The van der Waals surface area contributed by atoms with Crippen molar-refractivity contribution in [1.29, 1.82) is 0 Å². The standard InChI is InChI=1S/C12H16N6O3/c1-3-8-7(5-11(19)20)9(4-2)18(12(21)13-8)6-10-14-16-17-15-10/h3-6H2,1-2H3,(H,19,20)(H,14,15,16,17). The molecule has 2 N–H and O–H groups in total. The summed E-state index contributed by atoms with van der Waals surface area (Å²) in [5, 5.41) is 22.4. The normalized spacial score (nSPS) is 10.8. The molecule has 0 aliphatic heterocycles. The van der Waals surface area contributed by atoms with E-state index in [4.69, 9.17) is 5.11 Å². The average molecular weight is 292 g/mol. The molecule has 0 fully saturated rings. The van der Waals surface area contributed by atoms with Gasteiger partial charge in [-0.3, -0.25) is 9.36 Å². The lowest BCUT2D eigenvalue weighted by Gasteiger charge is -2.16. The summed E-state index contributed by atoms with van der Waals surface area (Å²) >= 11 is 0. The first-order valence-electron chi connectivity index (χ1n) is 6.62. The Labute approximate surface area is 120 Å². The topological polar surface area (TPSA) is 127 Å². The van der Waals surface area contributed by atoms with Crippen LogP contribution in [-0.4, -0.2) is 41.3 Å². The molecule has 2 heterocycles. The van der Waals surface area contributed by atoms with Crippen LogP contribution in [0.5, 0.6) is 0 Å². The Morgan fingerprint density at radius 2 is 2.10 bits per heavy atom. The summed E-state index contributed by atoms with van der Waals surface area (Å²) in [5.41, 5.74) is 1.35. The summed E-state index contributed by atoms with van der Waals surface area (Å²) in [6.07, 6.45) is 0.866. The van der Waals surface area contributed by atoms with Crippen molar-refractivity contribution in [2.24, 2.45) is 0 Å². The molecule has 0 aliphatic rings. The average Bonchev–Trinajstić information content (AvgIpc) is 2.94. The van der Waals surface area contributed by atoms with Gasteiger partial charge in [0.1, 0.15) is 0 Å². The Morgan fingerprint density at radius 1 is 1.33 bits per heavy atom. The maximum absolute atomic E-state index is 12.2. The third-order valence-corrected chi connectivity index (χ3v) is 3.17. The molecule has 2 aromatic heterocycles. The second kappa shape index (κ2) is 6.25. The highest BCUT2D eigenvalue weighted by Gasteiger charge is 2.18. The Morgan fingerprint density at radius 3 is 2.62 bits per heavy atom. The van der Waals surface area contributed by atoms with Gasteiger partial charge in [0.05, 0.1) is 18.7 Å². The number of rotatable bonds is 6. The van der Waals surface area contributed by atoms with Crippen LogP contribution in [0, 0.1) is 0 Å². The molecule has 0 spiro atoms. The van der Waals surface area contributed by atoms with Gasteiger partial charge in [0, 0.05) is 11.3 Å². The molecule has 0 aromatic carbocycles. The number of carbonyl (C=O) groups is 1. The molecule has 9 nitrogen and oxygen atoms in total. The molecule has 2 rings (SSSR count). The number of hydrogen-bond donors (Lipinski definition) is 2. The number of hydrogen-bond acceptors (Lipinski definition) is 6. The molecule has 0 radical (unpaired) electrons. The number of nitrogens with zero attached hydrogens (tertiary/aromatic N) is 5. The molecule has 112 valence electrons. The molecule has 0 amide bonds. The van der Waals surface area contributed by atoms with Crippen molar-refractivity contribution in [1.82, 2.24) is 30.2 Å². The first-order chi connectivity index (χ1) is 10.1. The Kier molecular flexibility index (Phi) is 4.41. The van der Waals surface area contributed by atoms with Crippen molar-refractivity contribution in [2.75, 3.05) is 0 Å². The van der Waals surface area contributed by atoms with Crippen LogP contribution in [0.4, 0.5) is 0 Å². The lowest BCUT2D eigenvalue weighted by molar-refractivity contribution is -0.136. The van der Waals surface area contributed by atoms with Crippen LogP contribution in [0.3, 0.4) is 0 Å². The zero-order valence-corrected chi connectivity index (χ0v) is 11.8. The molecule has 0 saturated carbocycles. The molecule has 0 bridgehead atoms. The summed E-state index contributed by atoms with van der Waals surface area (Å²) in [4.78, 5) is 27.2.